The van der Waals surface area contributed by atoms with Gasteiger partial charge in [0.1, 0.15) is 17.4 Å². The summed E-state index contributed by atoms with van der Waals surface area (Å²) in [6.45, 7) is 6.53. The van der Waals surface area contributed by atoms with Crippen molar-refractivity contribution in [2.75, 3.05) is 5.32 Å². The molecular weight excluding hydrogens is 387 g/mol. The molecule has 0 aliphatic carbocycles. The number of hydrogen-bond acceptors (Lipinski definition) is 6. The van der Waals surface area contributed by atoms with Gasteiger partial charge in [-0.25, -0.2) is 9.78 Å². The zero-order valence-corrected chi connectivity index (χ0v) is 15.7. The van der Waals surface area contributed by atoms with Gasteiger partial charge in [0, 0.05) is 6.07 Å². The standard InChI is InChI=1S/C16H18F3N3O4S/c1-8(20-14(24)26-15(2,3)4)12(23)22-13-21-10-6-5-9(7-11(10)27-13)25-16(17,18)19/h5-8H,1-4H3,(H,20,24)(H,21,22,23)/t8-/m1/s1. The Kier molecular flexibility index (Phi) is 5.83. The van der Waals surface area contributed by atoms with Crippen LogP contribution in [0.15, 0.2) is 18.2 Å². The lowest BCUT2D eigenvalue weighted by Crippen LogP contribution is -2.43. The average molecular weight is 405 g/mol. The van der Waals surface area contributed by atoms with E-state index in [1.807, 2.05) is 0 Å². The highest BCUT2D eigenvalue weighted by atomic mass is 32.1. The number of anilines is 1. The molecule has 1 heterocycles. The van der Waals surface area contributed by atoms with Crippen LogP contribution in [-0.4, -0.2) is 35.0 Å². The second-order valence-electron chi connectivity index (χ2n) is 6.55. The molecule has 1 aromatic carbocycles. The molecule has 2 N–H and O–H groups in total. The smallest absolute Gasteiger partial charge is 0.444 e. The van der Waals surface area contributed by atoms with Crippen molar-refractivity contribution < 1.29 is 32.2 Å². The molecule has 148 valence electrons. The van der Waals surface area contributed by atoms with Gasteiger partial charge in [0.25, 0.3) is 0 Å². The van der Waals surface area contributed by atoms with Gasteiger partial charge in [0.15, 0.2) is 5.13 Å². The normalized spacial score (nSPS) is 13.1. The summed E-state index contributed by atoms with van der Waals surface area (Å²) in [7, 11) is 0. The second-order valence-corrected chi connectivity index (χ2v) is 7.58. The number of nitrogens with zero attached hydrogens (tertiary/aromatic N) is 1. The lowest BCUT2D eigenvalue weighted by Gasteiger charge is -2.21. The molecular formula is C16H18F3N3O4S. The SMILES string of the molecule is C[C@@H](NC(=O)OC(C)(C)C)C(=O)Nc1nc2ccc(OC(F)(F)F)cc2s1. The third-order valence-corrected chi connectivity index (χ3v) is 3.88. The summed E-state index contributed by atoms with van der Waals surface area (Å²) < 4.78 is 46.2. The molecule has 11 heteroatoms. The number of amides is 2. The average Bonchev–Trinajstić information content (AvgIpc) is 2.84. The van der Waals surface area contributed by atoms with Gasteiger partial charge in [0.2, 0.25) is 5.91 Å². The maximum atomic E-state index is 12.3. The summed E-state index contributed by atoms with van der Waals surface area (Å²) in [5, 5.41) is 5.06. The van der Waals surface area contributed by atoms with Crippen molar-refractivity contribution in [1.29, 1.82) is 0 Å². The summed E-state index contributed by atoms with van der Waals surface area (Å²) in [5.74, 6) is -0.928. The summed E-state index contributed by atoms with van der Waals surface area (Å²) in [6, 6.07) is 2.76. The molecule has 0 saturated carbocycles. The largest absolute Gasteiger partial charge is 0.573 e. The first-order valence-electron chi connectivity index (χ1n) is 7.79. The Morgan fingerprint density at radius 3 is 2.48 bits per heavy atom. The number of ether oxygens (including phenoxy) is 2. The highest BCUT2D eigenvalue weighted by Crippen LogP contribution is 2.31. The number of benzene rings is 1. The number of aromatic nitrogens is 1. The number of hydrogen-bond donors (Lipinski definition) is 2. The van der Waals surface area contributed by atoms with Crippen molar-refractivity contribution >= 4 is 38.7 Å². The maximum absolute atomic E-state index is 12.3. The van der Waals surface area contributed by atoms with Crippen LogP contribution in [0.2, 0.25) is 0 Å². The van der Waals surface area contributed by atoms with E-state index in [-0.39, 0.29) is 10.9 Å². The van der Waals surface area contributed by atoms with Crippen LogP contribution in [0.4, 0.5) is 23.1 Å². The monoisotopic (exact) mass is 405 g/mol. The first kappa shape index (κ1) is 20.7. The number of carbonyl (C=O) groups excluding carboxylic acids is 2. The van der Waals surface area contributed by atoms with Crippen molar-refractivity contribution in [3.05, 3.63) is 18.2 Å². The van der Waals surface area contributed by atoms with E-state index < -0.39 is 30.0 Å². The van der Waals surface area contributed by atoms with Crippen LogP contribution in [0, 0.1) is 0 Å². The first-order valence-corrected chi connectivity index (χ1v) is 8.61. The number of alkyl halides is 3. The number of alkyl carbamates (subject to hydrolysis) is 1. The molecule has 0 spiro atoms. The van der Waals surface area contributed by atoms with E-state index in [1.165, 1.54) is 19.1 Å². The van der Waals surface area contributed by atoms with Crippen LogP contribution in [0.25, 0.3) is 10.2 Å². The predicted octanol–water partition coefficient (Wildman–Crippen LogP) is 4.05. The molecule has 27 heavy (non-hydrogen) atoms. The molecule has 1 atom stereocenters. The molecule has 0 saturated heterocycles. The highest BCUT2D eigenvalue weighted by molar-refractivity contribution is 7.22. The van der Waals surface area contributed by atoms with E-state index in [1.54, 1.807) is 20.8 Å². The van der Waals surface area contributed by atoms with Crippen molar-refractivity contribution in [1.82, 2.24) is 10.3 Å². The van der Waals surface area contributed by atoms with Gasteiger partial charge in [-0.15, -0.1) is 13.2 Å². The summed E-state index contributed by atoms with van der Waals surface area (Å²) in [4.78, 5) is 28.0. The van der Waals surface area contributed by atoms with E-state index in [2.05, 4.69) is 20.4 Å². The molecule has 2 aromatic rings. The lowest BCUT2D eigenvalue weighted by atomic mass is 10.2. The molecule has 2 rings (SSSR count). The molecule has 0 fully saturated rings. The Hall–Kier alpha value is -2.56. The fourth-order valence-electron chi connectivity index (χ4n) is 1.92. The maximum Gasteiger partial charge on any atom is 0.573 e. The van der Waals surface area contributed by atoms with Gasteiger partial charge < -0.3 is 20.1 Å². The van der Waals surface area contributed by atoms with E-state index in [4.69, 9.17) is 4.74 Å². The van der Waals surface area contributed by atoms with Crippen molar-refractivity contribution in [3.63, 3.8) is 0 Å². The van der Waals surface area contributed by atoms with Crippen LogP contribution in [0.5, 0.6) is 5.75 Å². The molecule has 1 aromatic heterocycles. The summed E-state index contributed by atoms with van der Waals surface area (Å²) in [5.41, 5.74) is -0.304. The van der Waals surface area contributed by atoms with Crippen LogP contribution in [0.3, 0.4) is 0 Å². The van der Waals surface area contributed by atoms with E-state index >= 15 is 0 Å². The summed E-state index contributed by atoms with van der Waals surface area (Å²) >= 11 is 0.978. The van der Waals surface area contributed by atoms with Crippen LogP contribution in [-0.2, 0) is 9.53 Å². The van der Waals surface area contributed by atoms with Gasteiger partial charge in [-0.05, 0) is 39.8 Å². The zero-order valence-electron chi connectivity index (χ0n) is 14.9. The third-order valence-electron chi connectivity index (χ3n) is 2.95. The number of halogens is 3. The minimum Gasteiger partial charge on any atom is -0.444 e. The van der Waals surface area contributed by atoms with Gasteiger partial charge in [0.05, 0.1) is 10.2 Å². The predicted molar refractivity (Wildman–Crippen MR) is 93.8 cm³/mol. The molecule has 0 unspecified atom stereocenters. The lowest BCUT2D eigenvalue weighted by molar-refractivity contribution is -0.274. The molecule has 0 aliphatic rings. The van der Waals surface area contributed by atoms with Crippen LogP contribution < -0.4 is 15.4 Å². The second kappa shape index (κ2) is 7.59. The van der Waals surface area contributed by atoms with Gasteiger partial charge in [-0.2, -0.15) is 0 Å². The van der Waals surface area contributed by atoms with Crippen molar-refractivity contribution in [3.8, 4) is 5.75 Å². The van der Waals surface area contributed by atoms with Gasteiger partial charge in [-0.3, -0.25) is 4.79 Å². The zero-order chi connectivity index (χ0) is 20.4. The Morgan fingerprint density at radius 1 is 1.22 bits per heavy atom. The number of rotatable bonds is 4. The Labute approximate surface area is 156 Å². The number of nitrogens with one attached hydrogen (secondary N) is 2. The molecule has 0 radical (unpaired) electrons. The van der Waals surface area contributed by atoms with E-state index in [9.17, 15) is 22.8 Å². The van der Waals surface area contributed by atoms with Crippen molar-refractivity contribution in [2.45, 2.75) is 45.7 Å². The third kappa shape index (κ3) is 6.59. The minimum atomic E-state index is -4.79. The summed E-state index contributed by atoms with van der Waals surface area (Å²) in [6.07, 6.45) is -5.54. The van der Waals surface area contributed by atoms with Crippen LogP contribution >= 0.6 is 11.3 Å². The molecule has 0 aliphatic heterocycles. The van der Waals surface area contributed by atoms with E-state index in [0.29, 0.717) is 10.2 Å². The fraction of sp³-hybridized carbons (Fsp3) is 0.438. The molecule has 0 bridgehead atoms. The Morgan fingerprint density at radius 2 is 1.89 bits per heavy atom. The first-order chi connectivity index (χ1) is 12.3. The van der Waals surface area contributed by atoms with Crippen LogP contribution in [0.1, 0.15) is 27.7 Å². The minimum absolute atomic E-state index is 0.178. The van der Waals surface area contributed by atoms with Gasteiger partial charge >= 0.3 is 12.5 Å². The Balaban J connectivity index is 2.02. The fourth-order valence-corrected chi connectivity index (χ4v) is 2.82. The number of carbonyl (C=O) groups is 2. The van der Waals surface area contributed by atoms with Crippen molar-refractivity contribution in [2.24, 2.45) is 0 Å². The Bertz CT molecular complexity index is 846. The van der Waals surface area contributed by atoms with Gasteiger partial charge in [-0.1, -0.05) is 11.3 Å². The number of fused-ring (bicyclic) bond motifs is 1. The van der Waals surface area contributed by atoms with E-state index in [0.717, 1.165) is 17.4 Å². The topological polar surface area (TPSA) is 89.5 Å². The molecule has 7 nitrogen and oxygen atoms in total. The number of thiazole rings is 1. The highest BCUT2D eigenvalue weighted by Gasteiger charge is 2.31. The molecule has 2 amide bonds. The quantitative estimate of drug-likeness (QED) is 0.801.